The topological polar surface area (TPSA) is 85.7 Å². The van der Waals surface area contributed by atoms with Gasteiger partial charge in [0.2, 0.25) is 5.82 Å². The highest BCUT2D eigenvalue weighted by molar-refractivity contribution is 6.03. The number of rotatable bonds is 3. The van der Waals surface area contributed by atoms with Gasteiger partial charge in [0, 0.05) is 18.7 Å². The summed E-state index contributed by atoms with van der Waals surface area (Å²) in [5.74, 6) is 0.712. The molecular formula is C14H15N5O. The van der Waals surface area contributed by atoms with Gasteiger partial charge in [-0.2, -0.15) is 5.26 Å². The second kappa shape index (κ2) is 5.53. The zero-order valence-corrected chi connectivity index (χ0v) is 11.6. The fraction of sp³-hybridized carbons (Fsp3) is 0.286. The highest BCUT2D eigenvalue weighted by Gasteiger charge is 2.19. The molecule has 0 radical (unpaired) electrons. The summed E-state index contributed by atoms with van der Waals surface area (Å²) in [5, 5.41) is 15.5. The predicted molar refractivity (Wildman–Crippen MR) is 74.4 cm³/mol. The van der Waals surface area contributed by atoms with Crippen molar-refractivity contribution in [1.82, 2.24) is 15.2 Å². The van der Waals surface area contributed by atoms with Crippen molar-refractivity contribution in [3.8, 4) is 6.07 Å². The average molecular weight is 269 g/mol. The van der Waals surface area contributed by atoms with Crippen molar-refractivity contribution < 1.29 is 4.79 Å². The molecule has 20 heavy (non-hydrogen) atoms. The number of carbonyl (C=O) groups is 1. The maximum Gasteiger partial charge on any atom is 0.297 e. The molecule has 0 atom stereocenters. The summed E-state index contributed by atoms with van der Waals surface area (Å²) < 4.78 is 0. The van der Waals surface area contributed by atoms with Crippen LogP contribution in [0.15, 0.2) is 24.3 Å². The van der Waals surface area contributed by atoms with Crippen LogP contribution in [0.5, 0.6) is 0 Å². The van der Waals surface area contributed by atoms with Crippen LogP contribution < -0.4 is 4.90 Å². The molecule has 0 saturated heterocycles. The molecule has 0 bridgehead atoms. The van der Waals surface area contributed by atoms with Gasteiger partial charge in [0.05, 0.1) is 11.6 Å². The van der Waals surface area contributed by atoms with E-state index in [0.717, 1.165) is 0 Å². The van der Waals surface area contributed by atoms with Crippen LogP contribution in [0.3, 0.4) is 0 Å². The van der Waals surface area contributed by atoms with Crippen molar-refractivity contribution in [2.45, 2.75) is 19.8 Å². The van der Waals surface area contributed by atoms with E-state index in [-0.39, 0.29) is 17.6 Å². The van der Waals surface area contributed by atoms with Gasteiger partial charge in [-0.15, -0.1) is 5.10 Å². The number of aromatic nitrogens is 3. The first kappa shape index (κ1) is 13.7. The molecule has 0 saturated carbocycles. The minimum Gasteiger partial charge on any atom is -0.309 e. The third-order valence-corrected chi connectivity index (χ3v) is 2.93. The van der Waals surface area contributed by atoms with Crippen LogP contribution in [-0.4, -0.2) is 28.1 Å². The number of H-pyrrole nitrogens is 1. The first-order chi connectivity index (χ1) is 9.52. The van der Waals surface area contributed by atoms with Gasteiger partial charge in [0.25, 0.3) is 5.91 Å². The molecule has 0 aliphatic rings. The standard InChI is InChI=1S/C14H15N5O/c1-9(2)12-16-13(18-17-12)14(20)19(3)11-6-4-10(8-15)5-7-11/h4-7,9H,1-3H3,(H,16,17,18). The second-order valence-corrected chi connectivity index (χ2v) is 4.72. The van der Waals surface area contributed by atoms with Crippen molar-refractivity contribution in [2.24, 2.45) is 0 Å². The molecular weight excluding hydrogens is 254 g/mol. The fourth-order valence-electron chi connectivity index (χ4n) is 1.65. The molecule has 6 heteroatoms. The first-order valence-corrected chi connectivity index (χ1v) is 6.23. The molecule has 0 unspecified atom stereocenters. The van der Waals surface area contributed by atoms with Gasteiger partial charge in [-0.1, -0.05) is 13.8 Å². The zero-order chi connectivity index (χ0) is 14.7. The molecule has 0 aliphatic carbocycles. The van der Waals surface area contributed by atoms with E-state index >= 15 is 0 Å². The minimum absolute atomic E-state index is 0.139. The number of nitrogens with one attached hydrogen (secondary N) is 1. The molecule has 0 fully saturated rings. The van der Waals surface area contributed by atoms with Crippen molar-refractivity contribution in [3.05, 3.63) is 41.5 Å². The van der Waals surface area contributed by atoms with Crippen LogP contribution in [0.1, 0.15) is 41.8 Å². The summed E-state index contributed by atoms with van der Waals surface area (Å²) in [6, 6.07) is 8.79. The first-order valence-electron chi connectivity index (χ1n) is 6.23. The smallest absolute Gasteiger partial charge is 0.297 e. The normalized spacial score (nSPS) is 10.3. The third-order valence-electron chi connectivity index (χ3n) is 2.93. The quantitative estimate of drug-likeness (QED) is 0.924. The molecule has 1 amide bonds. The lowest BCUT2D eigenvalue weighted by Crippen LogP contribution is -2.27. The monoisotopic (exact) mass is 269 g/mol. The van der Waals surface area contributed by atoms with Crippen LogP contribution in [0.4, 0.5) is 5.69 Å². The van der Waals surface area contributed by atoms with E-state index in [4.69, 9.17) is 5.26 Å². The summed E-state index contributed by atoms with van der Waals surface area (Å²) in [7, 11) is 1.65. The molecule has 0 spiro atoms. The molecule has 1 aromatic heterocycles. The Morgan fingerprint density at radius 1 is 1.35 bits per heavy atom. The summed E-state index contributed by atoms with van der Waals surface area (Å²) in [6.07, 6.45) is 0. The van der Waals surface area contributed by atoms with E-state index < -0.39 is 0 Å². The summed E-state index contributed by atoms with van der Waals surface area (Å²) in [4.78, 5) is 17.9. The summed E-state index contributed by atoms with van der Waals surface area (Å²) >= 11 is 0. The molecule has 2 rings (SSSR count). The van der Waals surface area contributed by atoms with Gasteiger partial charge in [-0.3, -0.25) is 9.89 Å². The fourth-order valence-corrected chi connectivity index (χ4v) is 1.65. The van der Waals surface area contributed by atoms with Gasteiger partial charge in [0.15, 0.2) is 0 Å². The van der Waals surface area contributed by atoms with Crippen LogP contribution >= 0.6 is 0 Å². The number of hydrogen-bond acceptors (Lipinski definition) is 4. The Morgan fingerprint density at radius 2 is 2.00 bits per heavy atom. The minimum atomic E-state index is -0.294. The molecule has 6 nitrogen and oxygen atoms in total. The Hall–Kier alpha value is -2.68. The van der Waals surface area contributed by atoms with Crippen molar-refractivity contribution in [1.29, 1.82) is 5.26 Å². The molecule has 2 aromatic rings. The average Bonchev–Trinajstić information content (AvgIpc) is 2.96. The van der Waals surface area contributed by atoms with Gasteiger partial charge < -0.3 is 4.90 Å². The van der Waals surface area contributed by atoms with E-state index in [2.05, 4.69) is 15.2 Å². The Morgan fingerprint density at radius 3 is 2.50 bits per heavy atom. The molecule has 1 heterocycles. The Kier molecular flexibility index (Phi) is 3.80. The Bertz CT molecular complexity index is 651. The predicted octanol–water partition coefficient (Wildman–Crippen LogP) is 2.08. The second-order valence-electron chi connectivity index (χ2n) is 4.72. The Balaban J connectivity index is 2.20. The van der Waals surface area contributed by atoms with Crippen LogP contribution in [0.2, 0.25) is 0 Å². The summed E-state index contributed by atoms with van der Waals surface area (Å²) in [6.45, 7) is 3.94. The highest BCUT2D eigenvalue weighted by Crippen LogP contribution is 2.16. The number of nitriles is 1. The maximum atomic E-state index is 12.3. The lowest BCUT2D eigenvalue weighted by atomic mass is 10.2. The van der Waals surface area contributed by atoms with Crippen molar-refractivity contribution >= 4 is 11.6 Å². The van der Waals surface area contributed by atoms with Gasteiger partial charge >= 0.3 is 0 Å². The van der Waals surface area contributed by atoms with Gasteiger partial charge in [-0.25, -0.2) is 4.98 Å². The van der Waals surface area contributed by atoms with Crippen LogP contribution in [0.25, 0.3) is 0 Å². The van der Waals surface area contributed by atoms with E-state index in [1.807, 2.05) is 19.9 Å². The van der Waals surface area contributed by atoms with E-state index in [9.17, 15) is 4.79 Å². The summed E-state index contributed by atoms with van der Waals surface area (Å²) in [5.41, 5.74) is 1.24. The number of amides is 1. The third kappa shape index (κ3) is 2.67. The lowest BCUT2D eigenvalue weighted by Gasteiger charge is -2.15. The number of carbonyl (C=O) groups excluding carboxylic acids is 1. The SMILES string of the molecule is CC(C)c1nc(C(=O)N(C)c2ccc(C#N)cc2)n[nH]1. The number of benzene rings is 1. The largest absolute Gasteiger partial charge is 0.309 e. The molecule has 0 aliphatic heterocycles. The van der Waals surface area contributed by atoms with Gasteiger partial charge in [-0.05, 0) is 24.3 Å². The maximum absolute atomic E-state index is 12.3. The number of aromatic amines is 1. The van der Waals surface area contributed by atoms with Crippen LogP contribution in [-0.2, 0) is 0 Å². The molecule has 1 aromatic carbocycles. The highest BCUT2D eigenvalue weighted by atomic mass is 16.2. The van der Waals surface area contributed by atoms with E-state index in [1.54, 1.807) is 31.3 Å². The number of nitrogens with zero attached hydrogens (tertiary/aromatic N) is 4. The molecule has 102 valence electrons. The van der Waals surface area contributed by atoms with Crippen LogP contribution in [0, 0.1) is 11.3 Å². The van der Waals surface area contributed by atoms with E-state index in [1.165, 1.54) is 4.90 Å². The Labute approximate surface area is 117 Å². The van der Waals surface area contributed by atoms with Crippen molar-refractivity contribution in [2.75, 3.05) is 11.9 Å². The zero-order valence-electron chi connectivity index (χ0n) is 11.6. The van der Waals surface area contributed by atoms with Crippen molar-refractivity contribution in [3.63, 3.8) is 0 Å². The lowest BCUT2D eigenvalue weighted by molar-refractivity contribution is 0.0983. The van der Waals surface area contributed by atoms with E-state index in [0.29, 0.717) is 17.1 Å². The number of hydrogen-bond donors (Lipinski definition) is 1. The van der Waals surface area contributed by atoms with Gasteiger partial charge in [0.1, 0.15) is 5.82 Å². The number of anilines is 1. The molecule has 1 N–H and O–H groups in total.